The van der Waals surface area contributed by atoms with Gasteiger partial charge in [0.25, 0.3) is 0 Å². The summed E-state index contributed by atoms with van der Waals surface area (Å²) in [6, 6.07) is 0. The smallest absolute Gasteiger partial charge is 0.203 e. The second-order valence-electron chi connectivity index (χ2n) is 4.97. The molecule has 1 rings (SSSR count). The van der Waals surface area contributed by atoms with Gasteiger partial charge in [-0.25, -0.2) is 0 Å². The van der Waals surface area contributed by atoms with E-state index in [1.165, 1.54) is 75.5 Å². The zero-order valence-electron chi connectivity index (χ0n) is 11.7. The Morgan fingerprint density at radius 2 is 1.39 bits per heavy atom. The summed E-state index contributed by atoms with van der Waals surface area (Å²) in [7, 11) is 0. The summed E-state index contributed by atoms with van der Waals surface area (Å²) in [4.78, 5) is 0. The van der Waals surface area contributed by atoms with Crippen LogP contribution >= 0.6 is 11.3 Å². The van der Waals surface area contributed by atoms with E-state index in [0.717, 1.165) is 11.4 Å². The number of hydrogen-bond donors (Lipinski definition) is 1. The lowest BCUT2D eigenvalue weighted by Gasteiger charge is -2.01. The maximum absolute atomic E-state index is 5.54. The Labute approximate surface area is 115 Å². The summed E-state index contributed by atoms with van der Waals surface area (Å²) in [5, 5.41) is 9.55. The van der Waals surface area contributed by atoms with Crippen LogP contribution in [-0.4, -0.2) is 10.2 Å². The highest BCUT2D eigenvalue weighted by atomic mass is 32.1. The van der Waals surface area contributed by atoms with Crippen LogP contribution in [0.2, 0.25) is 0 Å². The van der Waals surface area contributed by atoms with Gasteiger partial charge in [0.2, 0.25) is 5.13 Å². The van der Waals surface area contributed by atoms with Crippen LogP contribution < -0.4 is 5.73 Å². The molecule has 0 unspecified atom stereocenters. The fourth-order valence-electron chi connectivity index (χ4n) is 2.13. The van der Waals surface area contributed by atoms with Gasteiger partial charge >= 0.3 is 0 Å². The molecule has 0 saturated carbocycles. The van der Waals surface area contributed by atoms with Gasteiger partial charge in [0.15, 0.2) is 0 Å². The van der Waals surface area contributed by atoms with E-state index in [1.807, 2.05) is 0 Å². The summed E-state index contributed by atoms with van der Waals surface area (Å²) in [5.41, 5.74) is 5.54. The van der Waals surface area contributed by atoms with Gasteiger partial charge in [-0.2, -0.15) is 0 Å². The predicted octanol–water partition coefficient (Wildman–Crippen LogP) is 4.58. The maximum Gasteiger partial charge on any atom is 0.203 e. The largest absolute Gasteiger partial charge is 0.374 e. The minimum Gasteiger partial charge on any atom is -0.374 e. The van der Waals surface area contributed by atoms with Gasteiger partial charge in [0.05, 0.1) is 0 Å². The number of aromatic nitrogens is 2. The first-order chi connectivity index (χ1) is 8.83. The van der Waals surface area contributed by atoms with Crippen molar-refractivity contribution in [2.75, 3.05) is 5.73 Å². The van der Waals surface area contributed by atoms with E-state index in [2.05, 4.69) is 17.1 Å². The molecule has 104 valence electrons. The molecule has 3 nitrogen and oxygen atoms in total. The molecule has 4 heteroatoms. The van der Waals surface area contributed by atoms with Crippen LogP contribution in [0.25, 0.3) is 0 Å². The van der Waals surface area contributed by atoms with Crippen LogP contribution in [0.4, 0.5) is 5.13 Å². The van der Waals surface area contributed by atoms with Crippen molar-refractivity contribution in [1.82, 2.24) is 10.2 Å². The Kier molecular flexibility index (Phi) is 8.82. The molecular weight excluding hydrogens is 242 g/mol. The zero-order valence-corrected chi connectivity index (χ0v) is 12.5. The average Bonchev–Trinajstić information content (AvgIpc) is 2.77. The van der Waals surface area contributed by atoms with Crippen molar-refractivity contribution in [3.63, 3.8) is 0 Å². The van der Waals surface area contributed by atoms with Crippen molar-refractivity contribution in [2.24, 2.45) is 0 Å². The van der Waals surface area contributed by atoms with Gasteiger partial charge < -0.3 is 5.73 Å². The standard InChI is InChI=1S/C14H27N3S/c1-2-3-4-5-6-7-8-9-10-11-12-13-16-17-14(15)18-13/h2-12H2,1H3,(H2,15,17). The van der Waals surface area contributed by atoms with Crippen LogP contribution in [0.15, 0.2) is 0 Å². The number of anilines is 1. The fourth-order valence-corrected chi connectivity index (χ4v) is 2.78. The molecule has 1 aromatic rings. The fraction of sp³-hybridized carbons (Fsp3) is 0.857. The molecule has 0 aliphatic rings. The lowest BCUT2D eigenvalue weighted by atomic mass is 10.1. The summed E-state index contributed by atoms with van der Waals surface area (Å²) >= 11 is 1.52. The van der Waals surface area contributed by atoms with E-state index in [4.69, 9.17) is 5.73 Å². The Balaban J connectivity index is 1.81. The molecule has 2 N–H and O–H groups in total. The lowest BCUT2D eigenvalue weighted by molar-refractivity contribution is 0.556. The molecular formula is C14H27N3S. The van der Waals surface area contributed by atoms with E-state index in [-0.39, 0.29) is 0 Å². The lowest BCUT2D eigenvalue weighted by Crippen LogP contribution is -1.86. The minimum atomic E-state index is 0.595. The Morgan fingerprint density at radius 3 is 1.89 bits per heavy atom. The highest BCUT2D eigenvalue weighted by Gasteiger charge is 2.00. The summed E-state index contributed by atoms with van der Waals surface area (Å²) in [5.74, 6) is 0. The van der Waals surface area contributed by atoms with E-state index in [0.29, 0.717) is 5.13 Å². The highest BCUT2D eigenvalue weighted by molar-refractivity contribution is 7.15. The molecule has 0 aliphatic heterocycles. The number of rotatable bonds is 11. The molecule has 0 atom stereocenters. The van der Waals surface area contributed by atoms with Crippen LogP contribution in [-0.2, 0) is 6.42 Å². The van der Waals surface area contributed by atoms with Gasteiger partial charge in [-0.1, -0.05) is 76.0 Å². The third-order valence-electron chi connectivity index (χ3n) is 3.23. The molecule has 1 aromatic heterocycles. The molecule has 0 fully saturated rings. The SMILES string of the molecule is CCCCCCCCCCCCc1nnc(N)s1. The third kappa shape index (κ3) is 7.64. The van der Waals surface area contributed by atoms with Crippen LogP contribution in [0, 0.1) is 0 Å². The first-order valence-electron chi connectivity index (χ1n) is 7.40. The Bertz CT molecular complexity index is 299. The monoisotopic (exact) mass is 269 g/mol. The number of hydrogen-bond acceptors (Lipinski definition) is 4. The topological polar surface area (TPSA) is 51.8 Å². The van der Waals surface area contributed by atoms with Gasteiger partial charge in [-0.3, -0.25) is 0 Å². The second-order valence-corrected chi connectivity index (χ2v) is 6.06. The predicted molar refractivity (Wildman–Crippen MR) is 79.9 cm³/mol. The van der Waals surface area contributed by atoms with Crippen LogP contribution in [0.3, 0.4) is 0 Å². The van der Waals surface area contributed by atoms with Gasteiger partial charge in [0.1, 0.15) is 5.01 Å². The molecule has 18 heavy (non-hydrogen) atoms. The molecule has 0 saturated heterocycles. The summed E-state index contributed by atoms with van der Waals surface area (Å²) in [6.45, 7) is 2.27. The molecule has 0 aromatic carbocycles. The van der Waals surface area contributed by atoms with Crippen molar-refractivity contribution in [1.29, 1.82) is 0 Å². The number of nitrogens with zero attached hydrogens (tertiary/aromatic N) is 2. The second kappa shape index (κ2) is 10.3. The first kappa shape index (κ1) is 15.4. The van der Waals surface area contributed by atoms with Crippen molar-refractivity contribution in [3.05, 3.63) is 5.01 Å². The number of unbranched alkanes of at least 4 members (excludes halogenated alkanes) is 9. The van der Waals surface area contributed by atoms with Crippen LogP contribution in [0.1, 0.15) is 76.1 Å². The molecule has 0 aliphatic carbocycles. The number of aryl methyl sites for hydroxylation is 1. The molecule has 1 heterocycles. The van der Waals surface area contributed by atoms with Gasteiger partial charge in [-0.05, 0) is 6.42 Å². The van der Waals surface area contributed by atoms with Gasteiger partial charge in [-0.15, -0.1) is 10.2 Å². The highest BCUT2D eigenvalue weighted by Crippen LogP contribution is 2.15. The molecule has 0 amide bonds. The normalized spacial score (nSPS) is 10.9. The van der Waals surface area contributed by atoms with E-state index in [1.54, 1.807) is 0 Å². The van der Waals surface area contributed by atoms with Crippen molar-refractivity contribution in [2.45, 2.75) is 77.6 Å². The number of nitrogen functional groups attached to an aromatic ring is 1. The van der Waals surface area contributed by atoms with Crippen molar-refractivity contribution in [3.8, 4) is 0 Å². The third-order valence-corrected chi connectivity index (χ3v) is 4.04. The van der Waals surface area contributed by atoms with E-state index in [9.17, 15) is 0 Å². The van der Waals surface area contributed by atoms with E-state index < -0.39 is 0 Å². The Hall–Kier alpha value is -0.640. The van der Waals surface area contributed by atoms with E-state index >= 15 is 0 Å². The summed E-state index contributed by atoms with van der Waals surface area (Å²) < 4.78 is 0. The summed E-state index contributed by atoms with van der Waals surface area (Å²) in [6.07, 6.45) is 14.8. The van der Waals surface area contributed by atoms with Crippen molar-refractivity contribution >= 4 is 16.5 Å². The Morgan fingerprint density at radius 1 is 0.833 bits per heavy atom. The first-order valence-corrected chi connectivity index (χ1v) is 8.22. The van der Waals surface area contributed by atoms with Crippen molar-refractivity contribution < 1.29 is 0 Å². The molecule has 0 radical (unpaired) electrons. The maximum atomic E-state index is 5.54. The number of nitrogens with two attached hydrogens (primary N) is 1. The quantitative estimate of drug-likeness (QED) is 0.598. The molecule has 0 spiro atoms. The average molecular weight is 269 g/mol. The zero-order chi connectivity index (χ0) is 13.1. The van der Waals surface area contributed by atoms with Crippen LogP contribution in [0.5, 0.6) is 0 Å². The molecule has 0 bridgehead atoms. The minimum absolute atomic E-state index is 0.595. The van der Waals surface area contributed by atoms with Gasteiger partial charge in [0, 0.05) is 6.42 Å².